The zero-order valence-corrected chi connectivity index (χ0v) is 12.0. The molecule has 2 aliphatic carbocycles. The van der Waals surface area contributed by atoms with Crippen molar-refractivity contribution in [1.82, 2.24) is 10.2 Å². The van der Waals surface area contributed by atoms with Gasteiger partial charge in [0.05, 0.1) is 11.8 Å². The van der Waals surface area contributed by atoms with Crippen LogP contribution in [0.15, 0.2) is 12.2 Å². The Kier molecular flexibility index (Phi) is 2.62. The molecule has 2 amide bonds. The van der Waals surface area contributed by atoms with Crippen molar-refractivity contribution in [1.29, 1.82) is 0 Å². The fourth-order valence-electron chi connectivity index (χ4n) is 4.69. The van der Waals surface area contributed by atoms with E-state index in [1.165, 1.54) is 0 Å². The smallest absolute Gasteiger partial charge is 0.233 e. The van der Waals surface area contributed by atoms with Crippen molar-refractivity contribution < 1.29 is 9.59 Å². The fourth-order valence-corrected chi connectivity index (χ4v) is 4.69. The molecule has 4 rings (SSSR count). The number of hydrogen-bond acceptors (Lipinski definition) is 3. The van der Waals surface area contributed by atoms with Crippen molar-refractivity contribution in [2.75, 3.05) is 19.6 Å². The lowest BCUT2D eigenvalue weighted by Gasteiger charge is -2.37. The zero-order valence-electron chi connectivity index (χ0n) is 12.0. The normalized spacial score (nSPS) is 41.5. The number of carbonyl (C=O) groups excluding carboxylic acids is 2. The number of nitrogens with one attached hydrogen (secondary N) is 1. The summed E-state index contributed by atoms with van der Waals surface area (Å²) in [5.74, 6) is 0.790. The van der Waals surface area contributed by atoms with E-state index < -0.39 is 0 Å². The van der Waals surface area contributed by atoms with E-state index >= 15 is 0 Å². The van der Waals surface area contributed by atoms with E-state index in [1.807, 2.05) is 0 Å². The molecule has 4 heteroatoms. The van der Waals surface area contributed by atoms with Crippen LogP contribution >= 0.6 is 0 Å². The molecule has 4 nitrogen and oxygen atoms in total. The van der Waals surface area contributed by atoms with Gasteiger partial charge < -0.3 is 5.32 Å². The SMILES string of the molecule is CC1(CN2C(=O)C3C4C=CC(C4)C3C2=O)CCNCC1. The topological polar surface area (TPSA) is 49.4 Å². The molecule has 20 heavy (non-hydrogen) atoms. The third-order valence-corrected chi connectivity index (χ3v) is 5.91. The molecular formula is C16H22N2O2. The van der Waals surface area contributed by atoms with E-state index in [2.05, 4.69) is 24.4 Å². The number of hydrogen-bond donors (Lipinski definition) is 1. The first kappa shape index (κ1) is 12.6. The van der Waals surface area contributed by atoms with E-state index in [1.54, 1.807) is 4.90 Å². The van der Waals surface area contributed by atoms with E-state index in [0.29, 0.717) is 18.4 Å². The molecule has 4 unspecified atom stereocenters. The summed E-state index contributed by atoms with van der Waals surface area (Å²) in [7, 11) is 0. The molecule has 1 saturated carbocycles. The van der Waals surface area contributed by atoms with Crippen molar-refractivity contribution >= 4 is 11.8 Å². The Labute approximate surface area is 119 Å². The fraction of sp³-hybridized carbons (Fsp3) is 0.750. The molecule has 0 aromatic rings. The highest BCUT2D eigenvalue weighted by Crippen LogP contribution is 2.53. The van der Waals surface area contributed by atoms with Crippen molar-refractivity contribution in [2.45, 2.75) is 26.2 Å². The second-order valence-corrected chi connectivity index (χ2v) is 7.32. The maximum atomic E-state index is 12.7. The van der Waals surface area contributed by atoms with Gasteiger partial charge in [0.1, 0.15) is 0 Å². The summed E-state index contributed by atoms with van der Waals surface area (Å²) in [6.45, 7) is 4.83. The van der Waals surface area contributed by atoms with Crippen molar-refractivity contribution in [3.8, 4) is 0 Å². The van der Waals surface area contributed by atoms with Gasteiger partial charge in [0.2, 0.25) is 11.8 Å². The minimum Gasteiger partial charge on any atom is -0.317 e. The highest BCUT2D eigenvalue weighted by atomic mass is 16.2. The van der Waals surface area contributed by atoms with Crippen LogP contribution in [0.4, 0.5) is 0 Å². The number of carbonyl (C=O) groups is 2. The van der Waals surface area contributed by atoms with Crippen LogP contribution in [0.1, 0.15) is 26.2 Å². The second-order valence-electron chi connectivity index (χ2n) is 7.32. The average molecular weight is 274 g/mol. The third-order valence-electron chi connectivity index (χ3n) is 5.91. The Balaban J connectivity index is 1.55. The highest BCUT2D eigenvalue weighted by Gasteiger charge is 2.59. The van der Waals surface area contributed by atoms with E-state index in [0.717, 1.165) is 32.4 Å². The van der Waals surface area contributed by atoms with E-state index in [9.17, 15) is 9.59 Å². The van der Waals surface area contributed by atoms with Gasteiger partial charge in [-0.25, -0.2) is 0 Å². The Bertz CT molecular complexity index is 463. The molecule has 0 spiro atoms. The molecule has 3 fully saturated rings. The van der Waals surface area contributed by atoms with Gasteiger partial charge in [-0.2, -0.15) is 0 Å². The minimum absolute atomic E-state index is 0.0391. The van der Waals surface area contributed by atoms with Crippen LogP contribution in [0.25, 0.3) is 0 Å². The molecule has 0 radical (unpaired) electrons. The summed E-state index contributed by atoms with van der Waals surface area (Å²) in [4.78, 5) is 26.9. The van der Waals surface area contributed by atoms with Gasteiger partial charge in [-0.15, -0.1) is 0 Å². The van der Waals surface area contributed by atoms with Crippen LogP contribution in [-0.2, 0) is 9.59 Å². The molecule has 0 aromatic heterocycles. The van der Waals surface area contributed by atoms with Crippen LogP contribution in [0.2, 0.25) is 0 Å². The number of rotatable bonds is 2. The summed E-state index contributed by atoms with van der Waals surface area (Å²) >= 11 is 0. The monoisotopic (exact) mass is 274 g/mol. The largest absolute Gasteiger partial charge is 0.317 e. The van der Waals surface area contributed by atoms with Crippen LogP contribution in [0, 0.1) is 29.1 Å². The lowest BCUT2D eigenvalue weighted by atomic mass is 9.80. The zero-order chi connectivity index (χ0) is 13.9. The average Bonchev–Trinajstić information content (AvgIpc) is 3.09. The lowest BCUT2D eigenvalue weighted by Crippen LogP contribution is -2.45. The first-order valence-corrected chi connectivity index (χ1v) is 7.83. The predicted octanol–water partition coefficient (Wildman–Crippen LogP) is 1.18. The molecule has 0 aromatic carbocycles. The van der Waals surface area contributed by atoms with Gasteiger partial charge in [-0.3, -0.25) is 14.5 Å². The molecule has 4 atom stereocenters. The lowest BCUT2D eigenvalue weighted by molar-refractivity contribution is -0.142. The maximum absolute atomic E-state index is 12.7. The number of likely N-dealkylation sites (tertiary alicyclic amines) is 1. The number of imide groups is 1. The Hall–Kier alpha value is -1.16. The number of nitrogens with zero attached hydrogens (tertiary/aromatic N) is 1. The first-order valence-electron chi connectivity index (χ1n) is 7.83. The van der Waals surface area contributed by atoms with Crippen LogP contribution in [0.5, 0.6) is 0 Å². The quantitative estimate of drug-likeness (QED) is 0.608. The van der Waals surface area contributed by atoms with Gasteiger partial charge in [-0.1, -0.05) is 19.1 Å². The summed E-state index contributed by atoms with van der Waals surface area (Å²) in [5, 5.41) is 3.35. The summed E-state index contributed by atoms with van der Waals surface area (Å²) < 4.78 is 0. The van der Waals surface area contributed by atoms with Crippen molar-refractivity contribution in [3.63, 3.8) is 0 Å². The van der Waals surface area contributed by atoms with Crippen molar-refractivity contribution in [3.05, 3.63) is 12.2 Å². The van der Waals surface area contributed by atoms with Gasteiger partial charge in [0.25, 0.3) is 0 Å². The van der Waals surface area contributed by atoms with Crippen LogP contribution < -0.4 is 5.32 Å². The van der Waals surface area contributed by atoms with Gasteiger partial charge in [0.15, 0.2) is 0 Å². The van der Waals surface area contributed by atoms with E-state index in [-0.39, 0.29) is 29.1 Å². The number of piperidine rings is 1. The summed E-state index contributed by atoms with van der Waals surface area (Å²) in [6.07, 6.45) is 7.43. The van der Waals surface area contributed by atoms with Gasteiger partial charge in [0, 0.05) is 6.54 Å². The number of fused-ring (bicyclic) bond motifs is 5. The van der Waals surface area contributed by atoms with Crippen molar-refractivity contribution in [2.24, 2.45) is 29.1 Å². The van der Waals surface area contributed by atoms with Crippen LogP contribution in [0.3, 0.4) is 0 Å². The van der Waals surface area contributed by atoms with E-state index in [4.69, 9.17) is 0 Å². The summed E-state index contributed by atoms with van der Waals surface area (Å²) in [5.41, 5.74) is 0.0989. The standard InChI is InChI=1S/C16H22N2O2/c1-16(4-6-17-7-5-16)9-18-14(19)12-10-2-3-11(8-10)13(12)15(18)20/h2-3,10-13,17H,4-9H2,1H3. The molecule has 1 N–H and O–H groups in total. The molecule has 2 aliphatic heterocycles. The number of allylic oxidation sites excluding steroid dienone is 2. The molecule has 108 valence electrons. The van der Waals surface area contributed by atoms with Gasteiger partial charge >= 0.3 is 0 Å². The number of amides is 2. The second kappa shape index (κ2) is 4.17. The van der Waals surface area contributed by atoms with Gasteiger partial charge in [-0.05, 0) is 49.6 Å². The predicted molar refractivity (Wildman–Crippen MR) is 74.6 cm³/mol. The Morgan fingerprint density at radius 2 is 1.70 bits per heavy atom. The third kappa shape index (κ3) is 1.63. The molecular weight excluding hydrogens is 252 g/mol. The first-order chi connectivity index (χ1) is 9.59. The molecule has 2 heterocycles. The van der Waals surface area contributed by atoms with Crippen LogP contribution in [-0.4, -0.2) is 36.3 Å². The Morgan fingerprint density at radius 1 is 1.15 bits per heavy atom. The Morgan fingerprint density at radius 3 is 2.25 bits per heavy atom. The highest BCUT2D eigenvalue weighted by molar-refractivity contribution is 6.06. The summed E-state index contributed by atoms with van der Waals surface area (Å²) in [6, 6.07) is 0. The maximum Gasteiger partial charge on any atom is 0.233 e. The minimum atomic E-state index is -0.0391. The molecule has 2 saturated heterocycles. The molecule has 2 bridgehead atoms. The molecule has 4 aliphatic rings.